The molecule has 1 fully saturated rings. The van der Waals surface area contributed by atoms with Gasteiger partial charge >= 0.3 is 5.91 Å². The molecule has 188 valence electrons. The quantitative estimate of drug-likeness (QED) is 0.207. The number of fused-ring (bicyclic) bond motifs is 1. The Bertz CT molecular complexity index is 1610. The Morgan fingerprint density at radius 3 is 2.54 bits per heavy atom. The molecule has 0 radical (unpaired) electrons. The van der Waals surface area contributed by atoms with Crippen LogP contribution in [-0.4, -0.2) is 36.0 Å². The molecular formula is C28H23FN2O5S. The molecular weight excluding hydrogens is 495 g/mol. The van der Waals surface area contributed by atoms with Crippen LogP contribution in [0, 0.1) is 19.7 Å². The van der Waals surface area contributed by atoms with Crippen molar-refractivity contribution in [3.05, 3.63) is 88.2 Å². The van der Waals surface area contributed by atoms with Crippen molar-refractivity contribution < 1.29 is 28.6 Å². The number of ether oxygens (including phenoxy) is 2. The second-order valence-corrected chi connectivity index (χ2v) is 9.70. The Hall–Kier alpha value is -4.24. The van der Waals surface area contributed by atoms with Crippen LogP contribution in [0.15, 0.2) is 60.2 Å². The lowest BCUT2D eigenvalue weighted by molar-refractivity contribution is -0.132. The highest BCUT2D eigenvalue weighted by atomic mass is 32.1. The number of aryl methyl sites for hydroxylation is 2. The minimum Gasteiger partial charge on any atom is -0.507 e. The maximum absolute atomic E-state index is 13.8. The molecule has 1 atom stereocenters. The van der Waals surface area contributed by atoms with Gasteiger partial charge in [-0.15, -0.1) is 0 Å². The number of aliphatic hydroxyl groups excluding tert-OH is 1. The Labute approximate surface area is 216 Å². The molecule has 0 spiro atoms. The third-order valence-corrected chi connectivity index (χ3v) is 7.41. The zero-order chi connectivity index (χ0) is 26.4. The van der Waals surface area contributed by atoms with Gasteiger partial charge < -0.3 is 14.6 Å². The minimum atomic E-state index is -0.984. The van der Waals surface area contributed by atoms with Crippen LogP contribution in [0.4, 0.5) is 9.52 Å². The highest BCUT2D eigenvalue weighted by Gasteiger charge is 2.48. The fraction of sp³-hybridized carbons (Fsp3) is 0.179. The molecule has 2 heterocycles. The summed E-state index contributed by atoms with van der Waals surface area (Å²) >= 11 is 1.09. The van der Waals surface area contributed by atoms with E-state index in [2.05, 4.69) is 4.98 Å². The Morgan fingerprint density at radius 2 is 1.81 bits per heavy atom. The lowest BCUT2D eigenvalue weighted by Crippen LogP contribution is -2.29. The maximum atomic E-state index is 13.8. The van der Waals surface area contributed by atoms with Crippen LogP contribution in [0.25, 0.3) is 16.0 Å². The summed E-state index contributed by atoms with van der Waals surface area (Å²) in [6, 6.07) is 13.6. The zero-order valence-corrected chi connectivity index (χ0v) is 21.4. The van der Waals surface area contributed by atoms with E-state index in [-0.39, 0.29) is 16.5 Å². The first-order valence-corrected chi connectivity index (χ1v) is 12.2. The van der Waals surface area contributed by atoms with Crippen molar-refractivity contribution in [2.75, 3.05) is 19.1 Å². The van der Waals surface area contributed by atoms with Gasteiger partial charge in [-0.1, -0.05) is 23.5 Å². The van der Waals surface area contributed by atoms with Crippen LogP contribution in [0.1, 0.15) is 28.3 Å². The van der Waals surface area contributed by atoms with Crippen molar-refractivity contribution in [3.8, 4) is 11.5 Å². The molecule has 0 bridgehead atoms. The number of hydrogen-bond acceptors (Lipinski definition) is 7. The fourth-order valence-corrected chi connectivity index (χ4v) is 5.57. The summed E-state index contributed by atoms with van der Waals surface area (Å²) < 4.78 is 25.1. The number of hydrogen-bond donors (Lipinski definition) is 1. The van der Waals surface area contributed by atoms with E-state index in [1.807, 2.05) is 6.92 Å². The first-order valence-electron chi connectivity index (χ1n) is 11.4. The average molecular weight is 519 g/mol. The maximum Gasteiger partial charge on any atom is 0.301 e. The van der Waals surface area contributed by atoms with Crippen molar-refractivity contribution in [2.24, 2.45) is 0 Å². The number of thiazole rings is 1. The number of rotatable bonds is 5. The Morgan fingerprint density at radius 1 is 1.03 bits per heavy atom. The standard InChI is InChI=1S/C28H23FN2O5S/c1-14-11-21(36-4)15(2)10-19(14)25(32)23-24(16-6-5-7-18(12-16)35-3)31(27(34)26(23)33)28-30-20-9-8-17(29)13-22(20)37-28/h5-13,24,32H,1-4H3/b25-23+. The number of carbonyl (C=O) groups excluding carboxylic acids is 2. The van der Waals surface area contributed by atoms with Gasteiger partial charge in [0.2, 0.25) is 0 Å². The number of Topliss-reactive ketones (excluding diaryl/α,β-unsaturated/α-hetero) is 1. The van der Waals surface area contributed by atoms with Crippen LogP contribution in [0.5, 0.6) is 11.5 Å². The van der Waals surface area contributed by atoms with E-state index in [1.54, 1.807) is 50.4 Å². The van der Waals surface area contributed by atoms with Crippen molar-refractivity contribution in [2.45, 2.75) is 19.9 Å². The first-order chi connectivity index (χ1) is 17.7. The van der Waals surface area contributed by atoms with Gasteiger partial charge in [-0.05, 0) is 73.0 Å². The number of nitrogens with zero attached hydrogens (tertiary/aromatic N) is 2. The number of aliphatic hydroxyl groups is 1. The van der Waals surface area contributed by atoms with Gasteiger partial charge in [0.15, 0.2) is 5.13 Å². The number of amides is 1. The molecule has 1 unspecified atom stereocenters. The van der Waals surface area contributed by atoms with Crippen molar-refractivity contribution in [1.29, 1.82) is 0 Å². The molecule has 5 rings (SSSR count). The highest BCUT2D eigenvalue weighted by molar-refractivity contribution is 7.22. The molecule has 1 aromatic heterocycles. The third-order valence-electron chi connectivity index (χ3n) is 6.40. The topological polar surface area (TPSA) is 89.0 Å². The molecule has 0 aliphatic carbocycles. The predicted octanol–water partition coefficient (Wildman–Crippen LogP) is 5.70. The van der Waals surface area contributed by atoms with Crippen LogP contribution < -0.4 is 14.4 Å². The molecule has 1 aliphatic heterocycles. The largest absolute Gasteiger partial charge is 0.507 e. The van der Waals surface area contributed by atoms with Gasteiger partial charge in [0.1, 0.15) is 23.1 Å². The number of halogens is 1. The van der Waals surface area contributed by atoms with Crippen LogP contribution >= 0.6 is 11.3 Å². The Balaban J connectivity index is 1.76. The summed E-state index contributed by atoms with van der Waals surface area (Å²) in [7, 11) is 3.07. The number of ketones is 1. The lowest BCUT2D eigenvalue weighted by atomic mass is 9.93. The fourth-order valence-electron chi connectivity index (χ4n) is 4.56. The number of anilines is 1. The molecule has 0 saturated carbocycles. The van der Waals surface area contributed by atoms with E-state index in [0.29, 0.717) is 38.4 Å². The summed E-state index contributed by atoms with van der Waals surface area (Å²) in [5.41, 5.74) is 2.82. The Kier molecular flexibility index (Phi) is 6.16. The zero-order valence-electron chi connectivity index (χ0n) is 20.5. The second kappa shape index (κ2) is 9.33. The number of carbonyl (C=O) groups is 2. The van der Waals surface area contributed by atoms with Crippen molar-refractivity contribution in [1.82, 2.24) is 4.98 Å². The van der Waals surface area contributed by atoms with Crippen molar-refractivity contribution in [3.63, 3.8) is 0 Å². The highest BCUT2D eigenvalue weighted by Crippen LogP contribution is 2.45. The van der Waals surface area contributed by atoms with Gasteiger partial charge in [-0.2, -0.15) is 0 Å². The first kappa shape index (κ1) is 24.5. The molecule has 3 aromatic carbocycles. The molecule has 1 aliphatic rings. The second-order valence-electron chi connectivity index (χ2n) is 8.69. The van der Waals surface area contributed by atoms with Gasteiger partial charge in [0.05, 0.1) is 36.1 Å². The normalized spacial score (nSPS) is 17.0. The summed E-state index contributed by atoms with van der Waals surface area (Å²) in [4.78, 5) is 32.7. The van der Waals surface area contributed by atoms with Crippen LogP contribution in [0.2, 0.25) is 0 Å². The van der Waals surface area contributed by atoms with E-state index in [0.717, 1.165) is 16.9 Å². The molecule has 9 heteroatoms. The number of aromatic nitrogens is 1. The smallest absolute Gasteiger partial charge is 0.301 e. The van der Waals surface area contributed by atoms with Crippen molar-refractivity contribution >= 4 is 44.1 Å². The molecule has 4 aromatic rings. The van der Waals surface area contributed by atoms with E-state index in [4.69, 9.17) is 9.47 Å². The van der Waals surface area contributed by atoms with E-state index >= 15 is 0 Å². The molecule has 37 heavy (non-hydrogen) atoms. The lowest BCUT2D eigenvalue weighted by Gasteiger charge is -2.23. The SMILES string of the molecule is COc1cccc(C2/C(=C(\O)c3cc(C)c(OC)cc3C)C(=O)C(=O)N2c2nc3ccc(F)cc3s2)c1. The van der Waals surface area contributed by atoms with E-state index in [1.165, 1.54) is 30.2 Å². The predicted molar refractivity (Wildman–Crippen MR) is 140 cm³/mol. The van der Waals surface area contributed by atoms with Gasteiger partial charge in [-0.25, -0.2) is 9.37 Å². The molecule has 1 saturated heterocycles. The van der Waals surface area contributed by atoms with E-state index < -0.39 is 23.5 Å². The van der Waals surface area contributed by atoms with Gasteiger partial charge in [0.25, 0.3) is 5.78 Å². The van der Waals surface area contributed by atoms with Crippen LogP contribution in [0.3, 0.4) is 0 Å². The summed E-state index contributed by atoms with van der Waals surface area (Å²) in [6.07, 6.45) is 0. The average Bonchev–Trinajstić information content (AvgIpc) is 3.42. The van der Waals surface area contributed by atoms with Gasteiger partial charge in [-0.3, -0.25) is 14.5 Å². The van der Waals surface area contributed by atoms with Crippen LogP contribution in [-0.2, 0) is 9.59 Å². The number of benzene rings is 3. The summed E-state index contributed by atoms with van der Waals surface area (Å²) in [5.74, 6) is -1.25. The summed E-state index contributed by atoms with van der Waals surface area (Å²) in [5, 5.41) is 11.7. The molecule has 1 N–H and O–H groups in total. The summed E-state index contributed by atoms with van der Waals surface area (Å²) in [6.45, 7) is 3.61. The third kappa shape index (κ3) is 4.11. The number of methoxy groups -OCH3 is 2. The van der Waals surface area contributed by atoms with Gasteiger partial charge in [0, 0.05) is 5.56 Å². The molecule has 7 nitrogen and oxygen atoms in total. The minimum absolute atomic E-state index is 0.0728. The monoisotopic (exact) mass is 518 g/mol. The molecule has 1 amide bonds. The van der Waals surface area contributed by atoms with E-state index in [9.17, 15) is 19.1 Å².